The number of amides is 2. The van der Waals surface area contributed by atoms with E-state index < -0.39 is 5.60 Å². The highest BCUT2D eigenvalue weighted by atomic mass is 16.7. The molecule has 7 nitrogen and oxygen atoms in total. The van der Waals surface area contributed by atoms with Crippen LogP contribution < -0.4 is 14.8 Å². The summed E-state index contributed by atoms with van der Waals surface area (Å²) < 4.78 is 15.9. The normalized spacial score (nSPS) is 19.0. The van der Waals surface area contributed by atoms with Crippen LogP contribution in [0.1, 0.15) is 37.6 Å². The predicted octanol–water partition coefficient (Wildman–Crippen LogP) is 2.40. The molecule has 0 bridgehead atoms. The zero-order valence-electron chi connectivity index (χ0n) is 14.8. The van der Waals surface area contributed by atoms with E-state index in [4.69, 9.17) is 14.2 Å². The van der Waals surface area contributed by atoms with Gasteiger partial charge in [-0.2, -0.15) is 0 Å². The second kappa shape index (κ2) is 6.82. The third-order valence-corrected chi connectivity index (χ3v) is 4.12. The molecule has 2 amide bonds. The molecule has 0 spiro atoms. The first kappa shape index (κ1) is 17.4. The number of hydrogen-bond donors (Lipinski definition) is 1. The predicted molar refractivity (Wildman–Crippen MR) is 90.8 cm³/mol. The molecule has 0 aromatic heterocycles. The summed E-state index contributed by atoms with van der Waals surface area (Å²) in [6, 6.07) is 5.13. The summed E-state index contributed by atoms with van der Waals surface area (Å²) >= 11 is 0. The molecule has 1 atom stereocenters. The van der Waals surface area contributed by atoms with E-state index in [1.54, 1.807) is 23.1 Å². The van der Waals surface area contributed by atoms with Crippen LogP contribution in [0.4, 0.5) is 4.79 Å². The van der Waals surface area contributed by atoms with Crippen molar-refractivity contribution >= 4 is 12.0 Å². The van der Waals surface area contributed by atoms with Gasteiger partial charge in [-0.05, 0) is 51.3 Å². The van der Waals surface area contributed by atoms with Crippen molar-refractivity contribution in [1.82, 2.24) is 10.2 Å². The number of nitrogens with zero attached hydrogens (tertiary/aromatic N) is 1. The van der Waals surface area contributed by atoms with Crippen LogP contribution in [0.5, 0.6) is 11.5 Å². The van der Waals surface area contributed by atoms with Gasteiger partial charge in [-0.15, -0.1) is 0 Å². The van der Waals surface area contributed by atoms with E-state index in [0.717, 1.165) is 6.42 Å². The lowest BCUT2D eigenvalue weighted by Gasteiger charge is -2.24. The van der Waals surface area contributed by atoms with Crippen LogP contribution in [-0.2, 0) is 4.74 Å². The summed E-state index contributed by atoms with van der Waals surface area (Å²) in [5.74, 6) is 1.31. The van der Waals surface area contributed by atoms with E-state index in [2.05, 4.69) is 5.32 Å². The van der Waals surface area contributed by atoms with Crippen LogP contribution in [0, 0.1) is 5.92 Å². The fourth-order valence-electron chi connectivity index (χ4n) is 2.87. The average Bonchev–Trinajstić information content (AvgIpc) is 3.19. The number of likely N-dealkylation sites (tertiary alicyclic amines) is 1. The zero-order chi connectivity index (χ0) is 18.0. The molecule has 3 rings (SSSR count). The number of carbonyl (C=O) groups excluding carboxylic acids is 2. The van der Waals surface area contributed by atoms with Gasteiger partial charge in [0, 0.05) is 25.2 Å². The van der Waals surface area contributed by atoms with Gasteiger partial charge in [0.05, 0.1) is 0 Å². The lowest BCUT2D eigenvalue weighted by molar-refractivity contribution is 0.0288. The quantitative estimate of drug-likeness (QED) is 0.908. The van der Waals surface area contributed by atoms with Crippen LogP contribution in [-0.4, -0.2) is 48.9 Å². The molecule has 2 heterocycles. The Labute approximate surface area is 147 Å². The number of benzene rings is 1. The molecule has 1 fully saturated rings. The number of fused-ring (bicyclic) bond motifs is 1. The second-order valence-corrected chi connectivity index (χ2v) is 7.36. The lowest BCUT2D eigenvalue weighted by atomic mass is 10.1. The van der Waals surface area contributed by atoms with Gasteiger partial charge in [0.15, 0.2) is 11.5 Å². The molecule has 0 saturated carbocycles. The van der Waals surface area contributed by atoms with Crippen molar-refractivity contribution in [2.24, 2.45) is 5.92 Å². The SMILES string of the molecule is CC(C)(C)OC(=O)N1CCC(CNC(=O)c2ccc3c(c2)OCO3)C1. The molecular formula is C18H24N2O5. The average molecular weight is 348 g/mol. The first-order valence-electron chi connectivity index (χ1n) is 8.47. The Balaban J connectivity index is 1.48. The first-order valence-corrected chi connectivity index (χ1v) is 8.47. The van der Waals surface area contributed by atoms with Crippen LogP contribution in [0.15, 0.2) is 18.2 Å². The minimum atomic E-state index is -0.497. The molecule has 2 aliphatic rings. The minimum absolute atomic E-state index is 0.158. The molecule has 0 radical (unpaired) electrons. The Kier molecular flexibility index (Phi) is 4.74. The smallest absolute Gasteiger partial charge is 0.410 e. The van der Waals surface area contributed by atoms with Gasteiger partial charge in [-0.1, -0.05) is 0 Å². The molecule has 1 aromatic rings. The largest absolute Gasteiger partial charge is 0.454 e. The highest BCUT2D eigenvalue weighted by molar-refractivity contribution is 5.94. The first-order chi connectivity index (χ1) is 11.8. The van der Waals surface area contributed by atoms with Gasteiger partial charge in [0.25, 0.3) is 5.91 Å². The molecule has 7 heteroatoms. The summed E-state index contributed by atoms with van der Waals surface area (Å²) in [6.45, 7) is 7.50. The molecule has 1 saturated heterocycles. The molecule has 1 aromatic carbocycles. The summed E-state index contributed by atoms with van der Waals surface area (Å²) in [7, 11) is 0. The standard InChI is InChI=1S/C18H24N2O5/c1-18(2,3)25-17(22)20-7-6-12(10-20)9-19-16(21)13-4-5-14-15(8-13)24-11-23-14/h4-5,8,12H,6-7,9-11H2,1-3H3,(H,19,21). The molecule has 0 aliphatic carbocycles. The molecule has 1 N–H and O–H groups in total. The fourth-order valence-corrected chi connectivity index (χ4v) is 2.87. The van der Waals surface area contributed by atoms with Crippen molar-refractivity contribution in [3.8, 4) is 11.5 Å². The molecule has 1 unspecified atom stereocenters. The summed E-state index contributed by atoms with van der Waals surface area (Å²) in [5.41, 5.74) is 0.0363. The summed E-state index contributed by atoms with van der Waals surface area (Å²) in [4.78, 5) is 26.1. The van der Waals surface area contributed by atoms with Crippen molar-refractivity contribution in [3.05, 3.63) is 23.8 Å². The van der Waals surface area contributed by atoms with Gasteiger partial charge >= 0.3 is 6.09 Å². The third-order valence-electron chi connectivity index (χ3n) is 4.12. The maximum absolute atomic E-state index is 12.3. The van der Waals surface area contributed by atoms with Gasteiger partial charge in [0.1, 0.15) is 5.60 Å². The zero-order valence-corrected chi connectivity index (χ0v) is 14.8. The van der Waals surface area contributed by atoms with Crippen LogP contribution in [0.2, 0.25) is 0 Å². The van der Waals surface area contributed by atoms with Gasteiger partial charge in [-0.25, -0.2) is 4.79 Å². The third kappa shape index (κ3) is 4.35. The Morgan fingerprint density at radius 3 is 2.80 bits per heavy atom. The number of nitrogens with one attached hydrogen (secondary N) is 1. The Hall–Kier alpha value is -2.44. The number of ether oxygens (including phenoxy) is 3. The van der Waals surface area contributed by atoms with Crippen LogP contribution >= 0.6 is 0 Å². The van der Waals surface area contributed by atoms with Crippen molar-refractivity contribution < 1.29 is 23.8 Å². The lowest BCUT2D eigenvalue weighted by Crippen LogP contribution is -2.36. The van der Waals surface area contributed by atoms with E-state index in [1.807, 2.05) is 20.8 Å². The topological polar surface area (TPSA) is 77.1 Å². The molecular weight excluding hydrogens is 324 g/mol. The number of carbonyl (C=O) groups is 2. The van der Waals surface area contributed by atoms with Crippen LogP contribution in [0.25, 0.3) is 0 Å². The fraction of sp³-hybridized carbons (Fsp3) is 0.556. The van der Waals surface area contributed by atoms with E-state index in [9.17, 15) is 9.59 Å². The maximum atomic E-state index is 12.3. The summed E-state index contributed by atoms with van der Waals surface area (Å²) in [5, 5.41) is 2.93. The van der Waals surface area contributed by atoms with Gasteiger partial charge in [0.2, 0.25) is 6.79 Å². The molecule has 25 heavy (non-hydrogen) atoms. The Morgan fingerprint density at radius 1 is 1.28 bits per heavy atom. The van der Waals surface area contributed by atoms with E-state index in [1.165, 1.54) is 0 Å². The van der Waals surface area contributed by atoms with E-state index >= 15 is 0 Å². The second-order valence-electron chi connectivity index (χ2n) is 7.36. The molecule has 2 aliphatic heterocycles. The number of hydrogen-bond acceptors (Lipinski definition) is 5. The minimum Gasteiger partial charge on any atom is -0.454 e. The molecule has 136 valence electrons. The van der Waals surface area contributed by atoms with Crippen molar-refractivity contribution in [2.45, 2.75) is 32.8 Å². The van der Waals surface area contributed by atoms with Gasteiger partial charge < -0.3 is 24.4 Å². The van der Waals surface area contributed by atoms with E-state index in [0.29, 0.717) is 36.7 Å². The van der Waals surface area contributed by atoms with Crippen molar-refractivity contribution in [2.75, 3.05) is 26.4 Å². The monoisotopic (exact) mass is 348 g/mol. The Bertz CT molecular complexity index is 668. The van der Waals surface area contributed by atoms with Crippen LogP contribution in [0.3, 0.4) is 0 Å². The number of rotatable bonds is 3. The summed E-state index contributed by atoms with van der Waals surface area (Å²) in [6.07, 6.45) is 0.554. The highest BCUT2D eigenvalue weighted by Gasteiger charge is 2.30. The van der Waals surface area contributed by atoms with Crippen molar-refractivity contribution in [3.63, 3.8) is 0 Å². The van der Waals surface area contributed by atoms with E-state index in [-0.39, 0.29) is 24.7 Å². The van der Waals surface area contributed by atoms with Crippen molar-refractivity contribution in [1.29, 1.82) is 0 Å². The highest BCUT2D eigenvalue weighted by Crippen LogP contribution is 2.32. The van der Waals surface area contributed by atoms with Gasteiger partial charge in [-0.3, -0.25) is 4.79 Å². The Morgan fingerprint density at radius 2 is 2.04 bits per heavy atom. The maximum Gasteiger partial charge on any atom is 0.410 e.